The van der Waals surface area contributed by atoms with E-state index in [0.717, 1.165) is 92.4 Å². The van der Waals surface area contributed by atoms with Gasteiger partial charge in [0.05, 0.1) is 11.1 Å². The van der Waals surface area contributed by atoms with Crippen LogP contribution >= 0.6 is 0 Å². The van der Waals surface area contributed by atoms with Crippen LogP contribution in [0.15, 0.2) is 97.1 Å². The van der Waals surface area contributed by atoms with E-state index in [9.17, 15) is 29.2 Å². The number of nitrogens with one attached hydrogen (secondary N) is 1. The zero-order chi connectivity index (χ0) is 41.0. The van der Waals surface area contributed by atoms with Crippen LogP contribution in [-0.2, 0) is 9.59 Å². The fourth-order valence-corrected chi connectivity index (χ4v) is 9.31. The van der Waals surface area contributed by atoms with Crippen molar-refractivity contribution in [3.05, 3.63) is 125 Å². The molecule has 4 amide bonds. The van der Waals surface area contributed by atoms with E-state index in [1.165, 1.54) is 29.7 Å². The molecular formula is C47H52BN5O6. The van der Waals surface area contributed by atoms with Gasteiger partial charge in [-0.15, -0.1) is 0 Å². The third-order valence-electron chi connectivity index (χ3n) is 12.7. The van der Waals surface area contributed by atoms with Crippen molar-refractivity contribution in [3.8, 4) is 0 Å². The molecule has 1 unspecified atom stereocenters. The van der Waals surface area contributed by atoms with Crippen LogP contribution in [-0.4, -0.2) is 102 Å². The van der Waals surface area contributed by atoms with Gasteiger partial charge in [-0.2, -0.15) is 0 Å². The van der Waals surface area contributed by atoms with E-state index in [1.54, 1.807) is 24.3 Å². The van der Waals surface area contributed by atoms with Crippen LogP contribution in [0.2, 0.25) is 0 Å². The number of imide groups is 2. The lowest BCUT2D eigenvalue weighted by Crippen LogP contribution is -2.54. The Kier molecular flexibility index (Phi) is 12.1. The normalized spacial score (nSPS) is 19.5. The van der Waals surface area contributed by atoms with Crippen molar-refractivity contribution in [1.82, 2.24) is 15.1 Å². The van der Waals surface area contributed by atoms with E-state index in [0.29, 0.717) is 22.5 Å². The van der Waals surface area contributed by atoms with Gasteiger partial charge in [0.15, 0.2) is 0 Å². The van der Waals surface area contributed by atoms with Crippen molar-refractivity contribution in [2.45, 2.75) is 57.9 Å². The maximum atomic E-state index is 13.3. The molecule has 0 aromatic heterocycles. The summed E-state index contributed by atoms with van der Waals surface area (Å²) < 4.78 is 0. The average molecular weight is 794 g/mol. The second-order valence-electron chi connectivity index (χ2n) is 16.2. The minimum Gasteiger partial charge on any atom is -0.423 e. The molecule has 4 aromatic carbocycles. The van der Waals surface area contributed by atoms with E-state index in [2.05, 4.69) is 75.5 Å². The summed E-state index contributed by atoms with van der Waals surface area (Å²) in [6.45, 7) is 9.08. The summed E-state index contributed by atoms with van der Waals surface area (Å²) in [6, 6.07) is 31.3. The van der Waals surface area contributed by atoms with Gasteiger partial charge in [-0.3, -0.25) is 34.3 Å². The number of fused-ring (bicyclic) bond motifs is 1. The van der Waals surface area contributed by atoms with Crippen molar-refractivity contribution < 1.29 is 29.2 Å². The Hall–Kier alpha value is -5.56. The first-order valence-corrected chi connectivity index (χ1v) is 21.1. The Morgan fingerprint density at radius 3 is 1.97 bits per heavy atom. The van der Waals surface area contributed by atoms with Gasteiger partial charge in [0.2, 0.25) is 11.8 Å². The molecule has 4 heterocycles. The highest BCUT2D eigenvalue weighted by molar-refractivity contribution is 6.58. The quantitative estimate of drug-likeness (QED) is 0.104. The molecule has 3 N–H and O–H groups in total. The second kappa shape index (κ2) is 17.7. The maximum absolute atomic E-state index is 13.3. The molecule has 11 nitrogen and oxygen atoms in total. The third kappa shape index (κ3) is 8.62. The average Bonchev–Trinajstić information content (AvgIpc) is 3.51. The topological polar surface area (TPSA) is 134 Å². The van der Waals surface area contributed by atoms with Crippen LogP contribution in [0.5, 0.6) is 0 Å². The summed E-state index contributed by atoms with van der Waals surface area (Å²) in [4.78, 5) is 58.9. The van der Waals surface area contributed by atoms with Gasteiger partial charge in [-0.1, -0.05) is 73.7 Å². The Balaban J connectivity index is 0.815. The first-order valence-electron chi connectivity index (χ1n) is 21.1. The third-order valence-corrected chi connectivity index (χ3v) is 12.7. The summed E-state index contributed by atoms with van der Waals surface area (Å²) in [6.07, 6.45) is 5.62. The molecule has 12 heteroatoms. The largest absolute Gasteiger partial charge is 0.488 e. The highest BCUT2D eigenvalue weighted by Gasteiger charge is 2.45. The van der Waals surface area contributed by atoms with E-state index >= 15 is 0 Å². The van der Waals surface area contributed by atoms with Crippen LogP contribution in [0.4, 0.5) is 11.4 Å². The predicted octanol–water partition coefficient (Wildman–Crippen LogP) is 4.96. The number of piperidine rings is 2. The zero-order valence-electron chi connectivity index (χ0n) is 33.7. The van der Waals surface area contributed by atoms with Gasteiger partial charge in [0.1, 0.15) is 6.04 Å². The van der Waals surface area contributed by atoms with Gasteiger partial charge in [0.25, 0.3) is 11.8 Å². The lowest BCUT2D eigenvalue weighted by atomic mass is 9.79. The number of piperazine rings is 1. The highest BCUT2D eigenvalue weighted by Crippen LogP contribution is 2.36. The van der Waals surface area contributed by atoms with Crippen molar-refractivity contribution in [3.63, 3.8) is 0 Å². The van der Waals surface area contributed by atoms with Crippen LogP contribution in [0.25, 0.3) is 11.1 Å². The molecule has 304 valence electrons. The molecule has 3 fully saturated rings. The minimum atomic E-state index is -1.50. The number of rotatable bonds is 12. The molecule has 0 spiro atoms. The number of hydrogen-bond donors (Lipinski definition) is 3. The number of anilines is 2. The number of carbonyl (C=O) groups is 4. The fourth-order valence-electron chi connectivity index (χ4n) is 9.31. The number of carbonyl (C=O) groups excluding carboxylic acids is 4. The number of hydrogen-bond acceptors (Lipinski definition) is 9. The highest BCUT2D eigenvalue weighted by atomic mass is 16.4. The molecular weight excluding hydrogens is 741 g/mol. The van der Waals surface area contributed by atoms with Crippen LogP contribution in [0.1, 0.15) is 89.3 Å². The van der Waals surface area contributed by atoms with E-state index < -0.39 is 30.9 Å². The summed E-state index contributed by atoms with van der Waals surface area (Å²) in [5.74, 6) is -1.26. The maximum Gasteiger partial charge on any atom is 0.488 e. The SMILES string of the molecule is CC/C(=C(/c1ccc(B(O)O)cc1)c1ccc(N2CCN(CCCC3CCN(c4ccc5c(c4)C(=O)N(C4CCC(=O)NC4=O)C5=O)CC3)CC2)cc1)c1ccccc1. The molecule has 1 atom stereocenters. The van der Waals surface area contributed by atoms with Crippen molar-refractivity contribution in [2.75, 3.05) is 55.6 Å². The standard InChI is InChI=1S/C47H52BN5O6/c1-2-39(33-8-4-3-5-9-33)44(34-10-14-36(15-11-34)48(58)59)35-12-16-37(17-13-35)52-29-27-50(28-30-52)24-6-7-32-22-25-51(26-23-32)38-18-19-40-41(31-38)47(57)53(46(40)56)42-20-21-43(54)49-45(42)55/h3-5,8-19,31-32,42,58-59H,2,6-7,20-30H2,1H3,(H,49,54,55)/b44-39+. The molecule has 0 aliphatic carbocycles. The number of benzene rings is 4. The summed E-state index contributed by atoms with van der Waals surface area (Å²) >= 11 is 0. The fraction of sp³-hybridized carbons (Fsp3) is 0.362. The summed E-state index contributed by atoms with van der Waals surface area (Å²) in [5.41, 5.74) is 9.01. The molecule has 4 aliphatic heterocycles. The number of amides is 4. The lowest BCUT2D eigenvalue weighted by molar-refractivity contribution is -0.136. The molecule has 8 rings (SSSR count). The van der Waals surface area contributed by atoms with Crippen molar-refractivity contribution in [2.24, 2.45) is 5.92 Å². The first kappa shape index (κ1) is 40.2. The first-order chi connectivity index (χ1) is 28.7. The molecule has 0 radical (unpaired) electrons. The summed E-state index contributed by atoms with van der Waals surface area (Å²) in [7, 11) is -1.50. The van der Waals surface area contributed by atoms with Gasteiger partial charge < -0.3 is 19.8 Å². The van der Waals surface area contributed by atoms with Crippen molar-refractivity contribution >= 4 is 58.7 Å². The molecule has 4 aromatic rings. The Morgan fingerprint density at radius 2 is 1.32 bits per heavy atom. The van der Waals surface area contributed by atoms with Gasteiger partial charge in [-0.05, 0) is 115 Å². The van der Waals surface area contributed by atoms with Gasteiger partial charge >= 0.3 is 7.12 Å². The summed E-state index contributed by atoms with van der Waals surface area (Å²) in [5, 5.41) is 21.6. The van der Waals surface area contributed by atoms with Crippen molar-refractivity contribution in [1.29, 1.82) is 0 Å². The van der Waals surface area contributed by atoms with E-state index in [1.807, 2.05) is 24.3 Å². The second-order valence-corrected chi connectivity index (χ2v) is 16.2. The smallest absolute Gasteiger partial charge is 0.423 e. The van der Waals surface area contributed by atoms with Crippen LogP contribution in [0, 0.1) is 5.92 Å². The van der Waals surface area contributed by atoms with Crippen LogP contribution in [0.3, 0.4) is 0 Å². The van der Waals surface area contributed by atoms with Gasteiger partial charge in [-0.25, -0.2) is 0 Å². The minimum absolute atomic E-state index is 0.103. The zero-order valence-corrected chi connectivity index (χ0v) is 33.7. The molecule has 0 saturated carbocycles. The Labute approximate surface area is 346 Å². The molecule has 3 saturated heterocycles. The molecule has 0 bridgehead atoms. The molecule has 4 aliphatic rings. The molecule has 59 heavy (non-hydrogen) atoms. The number of nitrogens with zero attached hydrogens (tertiary/aromatic N) is 4. The van der Waals surface area contributed by atoms with Crippen LogP contribution < -0.4 is 20.6 Å². The predicted molar refractivity (Wildman–Crippen MR) is 231 cm³/mol. The lowest BCUT2D eigenvalue weighted by Gasteiger charge is -2.37. The Morgan fingerprint density at radius 1 is 0.695 bits per heavy atom. The van der Waals surface area contributed by atoms with E-state index in [4.69, 9.17) is 0 Å². The van der Waals surface area contributed by atoms with E-state index in [-0.39, 0.29) is 18.7 Å². The van der Waals surface area contributed by atoms with Gasteiger partial charge in [0, 0.05) is 57.1 Å². The monoisotopic (exact) mass is 793 g/mol. The number of allylic oxidation sites excluding steroid dienone is 1. The Bertz CT molecular complexity index is 2210.